The Bertz CT molecular complexity index is 284. The molecule has 2 atom stereocenters. The molecule has 1 fully saturated rings. The Morgan fingerprint density at radius 3 is 1.91 bits per heavy atom. The molecule has 0 heterocycles. The predicted molar refractivity (Wildman–Crippen MR) is 98.7 cm³/mol. The third-order valence-corrected chi connectivity index (χ3v) is 4.92. The van der Waals surface area contributed by atoms with Gasteiger partial charge < -0.3 is 32.4 Å². The van der Waals surface area contributed by atoms with Crippen LogP contribution in [0.25, 0.3) is 0 Å². The van der Waals surface area contributed by atoms with Crippen LogP contribution in [-0.2, 0) is 0 Å². The summed E-state index contributed by atoms with van der Waals surface area (Å²) in [6, 6.07) is 0. The normalized spacial score (nSPS) is 20.3. The summed E-state index contributed by atoms with van der Waals surface area (Å²) in [4.78, 5) is 7.47. The lowest BCUT2D eigenvalue weighted by atomic mass is 10.2. The molecule has 0 saturated heterocycles. The van der Waals surface area contributed by atoms with Gasteiger partial charge in [0.1, 0.15) is 0 Å². The van der Waals surface area contributed by atoms with Crippen LogP contribution in [0.1, 0.15) is 34.5 Å². The fraction of sp³-hybridized carbons (Fsp3) is 1.00. The Balaban J connectivity index is 0. The summed E-state index contributed by atoms with van der Waals surface area (Å²) in [5, 5.41) is 3.40. The molecule has 1 aliphatic carbocycles. The zero-order chi connectivity index (χ0) is 16.4. The number of nitrogens with zero attached hydrogens (tertiary/aromatic N) is 3. The minimum atomic E-state index is 0. The Hall–Kier alpha value is 0.130. The zero-order valence-corrected chi connectivity index (χ0v) is 16.9. The van der Waals surface area contributed by atoms with Gasteiger partial charge >= 0.3 is 1.43 Å². The molecule has 0 amide bonds. The van der Waals surface area contributed by atoms with Crippen molar-refractivity contribution in [2.24, 2.45) is 11.8 Å². The number of hydrogen-bond donors (Lipinski definition) is 1. The van der Waals surface area contributed by atoms with Crippen molar-refractivity contribution in [2.75, 3.05) is 73.5 Å². The quantitative estimate of drug-likeness (QED) is 0.404. The van der Waals surface area contributed by atoms with Gasteiger partial charge in [0.2, 0.25) is 0 Å². The van der Waals surface area contributed by atoms with Crippen molar-refractivity contribution in [1.82, 2.24) is 20.0 Å². The van der Waals surface area contributed by atoms with Crippen LogP contribution in [0.15, 0.2) is 0 Å². The zero-order valence-electron chi connectivity index (χ0n) is 17.2. The average Bonchev–Trinajstić information content (AvgIpc) is 3.20. The fourth-order valence-corrected chi connectivity index (χ4v) is 3.16. The van der Waals surface area contributed by atoms with E-state index >= 15 is 0 Å². The third-order valence-electron chi connectivity index (χ3n) is 4.92. The molecule has 0 radical (unpaired) electrons. The van der Waals surface area contributed by atoms with Gasteiger partial charge in [-0.1, -0.05) is 13.8 Å². The summed E-state index contributed by atoms with van der Waals surface area (Å²) in [5.74, 6) is 1.90. The smallest absolute Gasteiger partial charge is 1.00 e. The molecule has 1 saturated carbocycles. The van der Waals surface area contributed by atoms with E-state index in [1.807, 2.05) is 0 Å². The molecular weight excluding hydrogens is 308 g/mol. The van der Waals surface area contributed by atoms with Crippen molar-refractivity contribution in [3.8, 4) is 0 Å². The average molecular weight is 349 g/mol. The van der Waals surface area contributed by atoms with Gasteiger partial charge in [-0.25, -0.2) is 0 Å². The third kappa shape index (κ3) is 11.3. The van der Waals surface area contributed by atoms with Crippen molar-refractivity contribution in [1.29, 1.82) is 0 Å². The standard InChI is InChI=1S/C18H40N4.ClH/c1-6-19-10-8-11-21(4)15-17-14-18(17)16-22(5)13-9-12-20(3)7-2;/h17-19H,6-16H2,1-5H3;1H. The molecule has 0 spiro atoms. The largest absolute Gasteiger partial charge is 1.00 e. The summed E-state index contributed by atoms with van der Waals surface area (Å²) in [6.45, 7) is 14.1. The van der Waals surface area contributed by atoms with Crippen molar-refractivity contribution in [2.45, 2.75) is 33.1 Å². The monoisotopic (exact) mass is 348 g/mol. The first-order chi connectivity index (χ1) is 10.6. The summed E-state index contributed by atoms with van der Waals surface area (Å²) < 4.78 is 0. The summed E-state index contributed by atoms with van der Waals surface area (Å²) in [7, 11) is 6.79. The number of nitrogens with one attached hydrogen (secondary N) is 1. The second kappa shape index (κ2) is 13.4. The molecule has 2 unspecified atom stereocenters. The summed E-state index contributed by atoms with van der Waals surface area (Å²) in [5.41, 5.74) is 0. The van der Waals surface area contributed by atoms with E-state index in [1.54, 1.807) is 0 Å². The molecule has 0 aromatic heterocycles. The van der Waals surface area contributed by atoms with Crippen LogP contribution in [0.3, 0.4) is 0 Å². The van der Waals surface area contributed by atoms with Gasteiger partial charge in [0.25, 0.3) is 0 Å². The van der Waals surface area contributed by atoms with Gasteiger partial charge in [-0.3, -0.25) is 0 Å². The van der Waals surface area contributed by atoms with Crippen LogP contribution in [0.2, 0.25) is 0 Å². The lowest BCUT2D eigenvalue weighted by Crippen LogP contribution is -3.00. The maximum atomic E-state index is 3.40. The van der Waals surface area contributed by atoms with Gasteiger partial charge in [-0.2, -0.15) is 0 Å². The van der Waals surface area contributed by atoms with Crippen LogP contribution in [-0.4, -0.2) is 88.2 Å². The molecule has 0 aromatic rings. The Labute approximate surface area is 152 Å². The van der Waals surface area contributed by atoms with Crippen molar-refractivity contribution >= 4 is 0 Å². The SMILES string of the molecule is CCNCCCN(C)CC1CC1CN(C)CCCN(C)CC.[Cl-].[H+]. The van der Waals surface area contributed by atoms with Crippen molar-refractivity contribution in [3.63, 3.8) is 0 Å². The van der Waals surface area contributed by atoms with E-state index in [0.717, 1.165) is 31.5 Å². The molecule has 23 heavy (non-hydrogen) atoms. The van der Waals surface area contributed by atoms with Crippen LogP contribution in [0.4, 0.5) is 0 Å². The molecule has 1 N–H and O–H groups in total. The Kier molecular flexibility index (Phi) is 13.5. The fourth-order valence-electron chi connectivity index (χ4n) is 3.16. The van der Waals surface area contributed by atoms with E-state index < -0.39 is 0 Å². The lowest BCUT2D eigenvalue weighted by Gasteiger charge is -2.20. The highest BCUT2D eigenvalue weighted by atomic mass is 35.5. The van der Waals surface area contributed by atoms with E-state index in [1.165, 1.54) is 52.0 Å². The maximum absolute atomic E-state index is 3.40. The Morgan fingerprint density at radius 2 is 1.39 bits per heavy atom. The molecule has 4 nitrogen and oxygen atoms in total. The van der Waals surface area contributed by atoms with E-state index in [0.29, 0.717) is 0 Å². The Morgan fingerprint density at radius 1 is 0.870 bits per heavy atom. The van der Waals surface area contributed by atoms with Crippen LogP contribution in [0, 0.1) is 11.8 Å². The predicted octanol–water partition coefficient (Wildman–Crippen LogP) is -1.06. The molecule has 0 aromatic carbocycles. The first-order valence-corrected chi connectivity index (χ1v) is 9.33. The summed E-state index contributed by atoms with van der Waals surface area (Å²) >= 11 is 0. The minimum absolute atomic E-state index is 0. The van der Waals surface area contributed by atoms with Gasteiger partial charge in [0.15, 0.2) is 0 Å². The highest BCUT2D eigenvalue weighted by molar-refractivity contribution is 4.89. The molecule has 0 aliphatic heterocycles. The van der Waals surface area contributed by atoms with Gasteiger partial charge in [0.05, 0.1) is 0 Å². The van der Waals surface area contributed by atoms with Crippen molar-refractivity contribution < 1.29 is 13.8 Å². The number of hydrogen-bond acceptors (Lipinski definition) is 4. The highest BCUT2D eigenvalue weighted by Gasteiger charge is 2.37. The molecule has 0 bridgehead atoms. The van der Waals surface area contributed by atoms with Crippen LogP contribution < -0.4 is 17.7 Å². The molecule has 1 aliphatic rings. The number of rotatable bonds is 14. The molecule has 5 heteroatoms. The number of halogens is 1. The second-order valence-electron chi connectivity index (χ2n) is 7.24. The summed E-state index contributed by atoms with van der Waals surface area (Å²) in [6.07, 6.45) is 4.01. The first-order valence-electron chi connectivity index (χ1n) is 9.33. The van der Waals surface area contributed by atoms with E-state index in [-0.39, 0.29) is 13.8 Å². The maximum Gasteiger partial charge on any atom is 1.00 e. The molecule has 140 valence electrons. The van der Waals surface area contributed by atoms with Gasteiger partial charge in [-0.05, 0) is 91.5 Å². The van der Waals surface area contributed by atoms with E-state index in [9.17, 15) is 0 Å². The lowest BCUT2D eigenvalue weighted by molar-refractivity contribution is -0.00000504. The molecule has 1 rings (SSSR count). The second-order valence-corrected chi connectivity index (χ2v) is 7.24. The first kappa shape index (κ1) is 23.1. The van der Waals surface area contributed by atoms with E-state index in [2.05, 4.69) is 55.0 Å². The minimum Gasteiger partial charge on any atom is -1.00 e. The topological polar surface area (TPSA) is 21.8 Å². The van der Waals surface area contributed by atoms with E-state index in [4.69, 9.17) is 0 Å². The highest BCUT2D eigenvalue weighted by Crippen LogP contribution is 2.39. The van der Waals surface area contributed by atoms with Crippen LogP contribution >= 0.6 is 0 Å². The van der Waals surface area contributed by atoms with Crippen molar-refractivity contribution in [3.05, 3.63) is 0 Å². The van der Waals surface area contributed by atoms with Gasteiger partial charge in [-0.15, -0.1) is 0 Å². The van der Waals surface area contributed by atoms with Gasteiger partial charge in [0, 0.05) is 13.1 Å². The van der Waals surface area contributed by atoms with Crippen LogP contribution in [0.5, 0.6) is 0 Å². The molecular formula is C18H41ClN4.